The van der Waals surface area contributed by atoms with Crippen LogP contribution in [0.25, 0.3) is 0 Å². The number of hydrogen-bond acceptors (Lipinski definition) is 6. The Balaban J connectivity index is 0.00000145. The maximum atomic E-state index is 10.3. The average molecular weight is 425 g/mol. The van der Waals surface area contributed by atoms with Crippen LogP contribution >= 0.6 is 11.6 Å². The van der Waals surface area contributed by atoms with Crippen LogP contribution < -0.4 is 4.74 Å². The van der Waals surface area contributed by atoms with Gasteiger partial charge in [0.15, 0.2) is 0 Å². The molecule has 2 aromatic rings. The highest BCUT2D eigenvalue weighted by Gasteiger charge is 2.37. The molecule has 4 N–H and O–H groups in total. The highest BCUT2D eigenvalue weighted by molar-refractivity contribution is 6.31. The summed E-state index contributed by atoms with van der Waals surface area (Å²) in [5, 5.41) is 37.4. The van der Waals surface area contributed by atoms with Crippen molar-refractivity contribution in [3.8, 4) is 5.75 Å². The van der Waals surface area contributed by atoms with Crippen molar-refractivity contribution in [3.63, 3.8) is 0 Å². The summed E-state index contributed by atoms with van der Waals surface area (Å²) in [5.41, 5.74) is 2.70. The molecule has 4 atom stereocenters. The molecular formula is C22H29ClO6. The van der Waals surface area contributed by atoms with Gasteiger partial charge in [-0.05, 0) is 48.2 Å². The van der Waals surface area contributed by atoms with Gasteiger partial charge in [-0.15, -0.1) is 0 Å². The smallest absolute Gasteiger partial charge is 0.119 e. The van der Waals surface area contributed by atoms with Crippen LogP contribution in [0.4, 0.5) is 0 Å². The lowest BCUT2D eigenvalue weighted by Gasteiger charge is -2.37. The van der Waals surface area contributed by atoms with Crippen molar-refractivity contribution in [2.24, 2.45) is 0 Å². The summed E-state index contributed by atoms with van der Waals surface area (Å²) in [6, 6.07) is 13.3. The van der Waals surface area contributed by atoms with E-state index in [1.54, 1.807) is 12.1 Å². The summed E-state index contributed by atoms with van der Waals surface area (Å²) in [6.45, 7) is 2.36. The van der Waals surface area contributed by atoms with Gasteiger partial charge in [0.2, 0.25) is 0 Å². The molecule has 1 aliphatic heterocycles. The highest BCUT2D eigenvalue weighted by Crippen LogP contribution is 2.34. The van der Waals surface area contributed by atoms with Crippen molar-refractivity contribution < 1.29 is 29.9 Å². The fraction of sp³-hybridized carbons (Fsp3) is 0.455. The second-order valence-corrected chi connectivity index (χ2v) is 7.17. The fourth-order valence-electron chi connectivity index (χ4n) is 3.34. The molecule has 0 spiro atoms. The van der Waals surface area contributed by atoms with E-state index in [1.807, 2.05) is 37.3 Å². The van der Waals surface area contributed by atoms with Gasteiger partial charge in [-0.3, -0.25) is 0 Å². The van der Waals surface area contributed by atoms with Crippen molar-refractivity contribution >= 4 is 11.6 Å². The summed E-state index contributed by atoms with van der Waals surface area (Å²) in [5.74, 6) is 0.823. The molecular weight excluding hydrogens is 396 g/mol. The highest BCUT2D eigenvalue weighted by atomic mass is 35.5. The quantitative estimate of drug-likeness (QED) is 0.568. The van der Waals surface area contributed by atoms with Gasteiger partial charge in [-0.1, -0.05) is 35.9 Å². The average Bonchev–Trinajstić information content (AvgIpc) is 2.74. The lowest BCUT2D eigenvalue weighted by Crippen LogP contribution is -2.44. The summed E-state index contributed by atoms with van der Waals surface area (Å²) >= 11 is 6.37. The predicted molar refractivity (Wildman–Crippen MR) is 111 cm³/mol. The van der Waals surface area contributed by atoms with E-state index < -0.39 is 24.4 Å². The standard InChI is InChI=1S/C21H25ClO5.CH4O/c1-2-26-16-6-3-13(4-7-16)9-15-10-14(5-8-18(15)22)21-20(25)19(24)11-17(12-23)27-21;1-2/h3-8,10,17,19-21,23-25H,2,9,11-12H2,1H3;2H,1H3. The Labute approximate surface area is 176 Å². The second kappa shape index (κ2) is 11.5. The lowest BCUT2D eigenvalue weighted by molar-refractivity contribution is -0.179. The Kier molecular flexibility index (Phi) is 9.36. The van der Waals surface area contributed by atoms with E-state index in [2.05, 4.69) is 0 Å². The van der Waals surface area contributed by atoms with E-state index in [4.69, 9.17) is 26.2 Å². The summed E-state index contributed by atoms with van der Waals surface area (Å²) in [6.07, 6.45) is -2.37. The van der Waals surface area contributed by atoms with E-state index in [0.717, 1.165) is 29.5 Å². The largest absolute Gasteiger partial charge is 0.494 e. The Morgan fingerprint density at radius 1 is 1.10 bits per heavy atom. The summed E-state index contributed by atoms with van der Waals surface area (Å²) in [4.78, 5) is 0. The molecule has 0 aliphatic carbocycles. The second-order valence-electron chi connectivity index (χ2n) is 6.76. The number of rotatable bonds is 6. The van der Waals surface area contributed by atoms with Gasteiger partial charge in [0, 0.05) is 18.6 Å². The van der Waals surface area contributed by atoms with Gasteiger partial charge < -0.3 is 29.9 Å². The molecule has 4 unspecified atom stereocenters. The number of aliphatic hydroxyl groups excluding tert-OH is 4. The van der Waals surface area contributed by atoms with Gasteiger partial charge >= 0.3 is 0 Å². The van der Waals surface area contributed by atoms with Crippen molar-refractivity contribution in [1.29, 1.82) is 0 Å². The van der Waals surface area contributed by atoms with Crippen molar-refractivity contribution in [2.45, 2.75) is 44.2 Å². The molecule has 1 fully saturated rings. The predicted octanol–water partition coefficient (Wildman–Crippen LogP) is 2.48. The number of hydrogen-bond donors (Lipinski definition) is 4. The normalized spacial score (nSPS) is 23.8. The first-order chi connectivity index (χ1) is 14.0. The first kappa shape index (κ1) is 23.6. The SMILES string of the molecule is CCOc1ccc(Cc2cc(C3OC(CO)CC(O)C3O)ccc2Cl)cc1.CO. The van der Waals surface area contributed by atoms with Crippen LogP contribution in [0, 0.1) is 0 Å². The van der Waals surface area contributed by atoms with Gasteiger partial charge in [-0.2, -0.15) is 0 Å². The minimum absolute atomic E-state index is 0.201. The van der Waals surface area contributed by atoms with Crippen LogP contribution in [0.5, 0.6) is 5.75 Å². The Hall–Kier alpha value is -1.67. The number of benzene rings is 2. The molecule has 160 valence electrons. The zero-order valence-electron chi connectivity index (χ0n) is 16.7. The molecule has 1 aliphatic rings. The number of ether oxygens (including phenoxy) is 2. The van der Waals surface area contributed by atoms with Crippen molar-refractivity contribution in [1.82, 2.24) is 0 Å². The molecule has 3 rings (SSSR count). The molecule has 0 amide bonds. The van der Waals surface area contributed by atoms with E-state index in [1.165, 1.54) is 0 Å². The molecule has 7 heteroatoms. The van der Waals surface area contributed by atoms with Crippen LogP contribution in [-0.4, -0.2) is 59.1 Å². The fourth-order valence-corrected chi connectivity index (χ4v) is 3.53. The van der Waals surface area contributed by atoms with Crippen molar-refractivity contribution in [3.05, 3.63) is 64.2 Å². The Bertz CT molecular complexity index is 751. The third-order valence-corrected chi connectivity index (χ3v) is 5.15. The lowest BCUT2D eigenvalue weighted by atomic mass is 9.91. The van der Waals surface area contributed by atoms with Crippen LogP contribution in [0.15, 0.2) is 42.5 Å². The molecule has 1 heterocycles. The molecule has 0 bridgehead atoms. The van der Waals surface area contributed by atoms with E-state index in [9.17, 15) is 15.3 Å². The topological polar surface area (TPSA) is 99.4 Å². The van der Waals surface area contributed by atoms with Crippen molar-refractivity contribution in [2.75, 3.05) is 20.3 Å². The third kappa shape index (κ3) is 6.15. The summed E-state index contributed by atoms with van der Waals surface area (Å²) < 4.78 is 11.2. The third-order valence-electron chi connectivity index (χ3n) is 4.78. The maximum Gasteiger partial charge on any atom is 0.119 e. The zero-order valence-corrected chi connectivity index (χ0v) is 17.4. The molecule has 0 radical (unpaired) electrons. The van der Waals surface area contributed by atoms with Crippen LogP contribution in [-0.2, 0) is 11.2 Å². The van der Waals surface area contributed by atoms with Gasteiger partial charge in [0.25, 0.3) is 0 Å². The Morgan fingerprint density at radius 2 is 1.79 bits per heavy atom. The van der Waals surface area contributed by atoms with E-state index >= 15 is 0 Å². The number of halogens is 1. The molecule has 0 aromatic heterocycles. The number of aliphatic hydroxyl groups is 4. The molecule has 29 heavy (non-hydrogen) atoms. The van der Waals surface area contributed by atoms with Crippen LogP contribution in [0.2, 0.25) is 5.02 Å². The first-order valence-electron chi connectivity index (χ1n) is 9.59. The maximum absolute atomic E-state index is 10.3. The van der Waals surface area contributed by atoms with Crippen LogP contribution in [0.3, 0.4) is 0 Å². The van der Waals surface area contributed by atoms with Gasteiger partial charge in [0.1, 0.15) is 18.0 Å². The molecule has 2 aromatic carbocycles. The summed E-state index contributed by atoms with van der Waals surface area (Å²) in [7, 11) is 1.00. The van der Waals surface area contributed by atoms with E-state index in [0.29, 0.717) is 18.1 Å². The van der Waals surface area contributed by atoms with E-state index in [-0.39, 0.29) is 13.0 Å². The first-order valence-corrected chi connectivity index (χ1v) is 9.96. The van der Waals surface area contributed by atoms with Gasteiger partial charge in [-0.25, -0.2) is 0 Å². The van der Waals surface area contributed by atoms with Crippen LogP contribution in [0.1, 0.15) is 36.1 Å². The molecule has 6 nitrogen and oxygen atoms in total. The Morgan fingerprint density at radius 3 is 2.41 bits per heavy atom. The molecule has 1 saturated heterocycles. The minimum atomic E-state index is -1.05. The monoisotopic (exact) mass is 424 g/mol. The van der Waals surface area contributed by atoms with Gasteiger partial charge in [0.05, 0.1) is 25.4 Å². The minimum Gasteiger partial charge on any atom is -0.494 e. The zero-order chi connectivity index (χ0) is 21.4. The molecule has 0 saturated carbocycles.